The minimum Gasteiger partial charge on any atom is -0.462 e. The molecule has 0 aliphatic heterocycles. The Morgan fingerprint density at radius 2 is 0.519 bits per heavy atom. The van der Waals surface area contributed by atoms with Gasteiger partial charge in [-0.05, 0) is 131 Å². The maximum absolute atomic E-state index is 11.7. The minimum atomic E-state index is -0.423. The predicted octanol–water partition coefficient (Wildman–Crippen LogP) is 15.5. The molecule has 10 aromatic rings. The number of carbonyl (C=O) groups is 2. The van der Waals surface area contributed by atoms with E-state index in [4.69, 9.17) is 9.47 Å². The molecule has 0 bridgehead atoms. The van der Waals surface area contributed by atoms with Gasteiger partial charge in [-0.3, -0.25) is 29.9 Å². The van der Waals surface area contributed by atoms with E-state index >= 15 is 0 Å². The van der Waals surface area contributed by atoms with Gasteiger partial charge in [0.1, 0.15) is 0 Å². The Balaban J connectivity index is 0.000000172. The Hall–Kier alpha value is -9.70. The van der Waals surface area contributed by atoms with Crippen molar-refractivity contribution in [2.45, 2.75) is 13.8 Å². The van der Waals surface area contributed by atoms with Gasteiger partial charge in [-0.25, -0.2) is 9.59 Å². The Bertz CT molecular complexity index is 3230. The van der Waals surface area contributed by atoms with Crippen LogP contribution in [0.15, 0.2) is 231 Å². The van der Waals surface area contributed by atoms with Crippen LogP contribution in [0, 0.1) is 0 Å². The smallest absolute Gasteiger partial charge is 0.338 e. The molecule has 79 heavy (non-hydrogen) atoms. The summed E-state index contributed by atoms with van der Waals surface area (Å²) in [7, 11) is 0. The van der Waals surface area contributed by atoms with Crippen LogP contribution in [0.1, 0.15) is 79.1 Å². The zero-order valence-electron chi connectivity index (χ0n) is 43.6. The van der Waals surface area contributed by atoms with Crippen LogP contribution in [0.3, 0.4) is 0 Å². The molecule has 0 radical (unpaired) electrons. The van der Waals surface area contributed by atoms with Crippen molar-refractivity contribution in [1.29, 1.82) is 0 Å². The Kier molecular flexibility index (Phi) is 22.2. The van der Waals surface area contributed by atoms with Gasteiger partial charge in [-0.15, -0.1) is 0 Å². The standard InChI is InChI=1S/2C26H20N2.C16H16N2O4.Ru/c2*1-3-7-21(8-4-1)11-13-23-15-17-27-25(19-23)26-20-24(16-18-28-26)14-12-22-9-5-2-6-10-22;1-3-21-15(19)11-5-7-17-13(9-11)14-10-12(6-8-18-14)16(20)22-4-2;/h2*1-20H;5-10H,3-4H2,1-2H3;/b2*13-11+,14-12+;;. The Morgan fingerprint density at radius 3 is 0.759 bits per heavy atom. The fraction of sp³-hybridized carbons (Fsp3) is 0.0588. The van der Waals surface area contributed by atoms with Crippen LogP contribution in [0.5, 0.6) is 0 Å². The van der Waals surface area contributed by atoms with Crippen LogP contribution < -0.4 is 0 Å². The van der Waals surface area contributed by atoms with Crippen LogP contribution in [0.2, 0.25) is 0 Å². The van der Waals surface area contributed by atoms with Gasteiger partial charge < -0.3 is 9.47 Å². The minimum absolute atomic E-state index is 0. The first-order valence-corrected chi connectivity index (χ1v) is 25.4. The fourth-order valence-electron chi connectivity index (χ4n) is 7.61. The average Bonchev–Trinajstić information content (AvgIpc) is 3.51. The van der Waals surface area contributed by atoms with Crippen molar-refractivity contribution in [3.63, 3.8) is 0 Å². The number of pyridine rings is 6. The van der Waals surface area contributed by atoms with E-state index in [0.29, 0.717) is 35.7 Å². The molecule has 0 saturated carbocycles. The quantitative estimate of drug-likeness (QED) is 0.0722. The van der Waals surface area contributed by atoms with Crippen molar-refractivity contribution < 1.29 is 38.5 Å². The monoisotopic (exact) mass is 1120 g/mol. The van der Waals surface area contributed by atoms with Crippen LogP contribution >= 0.6 is 0 Å². The molecule has 0 fully saturated rings. The first kappa shape index (κ1) is 57.0. The zero-order valence-corrected chi connectivity index (χ0v) is 45.4. The average molecular weight is 1120 g/mol. The Labute approximate surface area is 474 Å². The van der Waals surface area contributed by atoms with Crippen molar-refractivity contribution in [3.8, 4) is 34.2 Å². The summed E-state index contributed by atoms with van der Waals surface area (Å²) in [5.74, 6) is -0.847. The molecular formula is C68H56N6O4Ru. The van der Waals surface area contributed by atoms with Crippen molar-refractivity contribution >= 4 is 60.5 Å². The number of aromatic nitrogens is 6. The van der Waals surface area contributed by atoms with E-state index in [2.05, 4.69) is 151 Å². The molecule has 0 atom stereocenters. The molecule has 4 aromatic carbocycles. The molecule has 0 aliphatic carbocycles. The second-order valence-electron chi connectivity index (χ2n) is 17.2. The van der Waals surface area contributed by atoms with E-state index in [9.17, 15) is 9.59 Å². The molecule has 6 aromatic heterocycles. The van der Waals surface area contributed by atoms with Crippen LogP contribution in [0.4, 0.5) is 0 Å². The van der Waals surface area contributed by atoms with Gasteiger partial charge in [0.15, 0.2) is 0 Å². The van der Waals surface area contributed by atoms with E-state index in [0.717, 1.165) is 45.0 Å². The zero-order chi connectivity index (χ0) is 54.0. The number of benzene rings is 4. The summed E-state index contributed by atoms with van der Waals surface area (Å²) in [4.78, 5) is 49.9. The molecule has 390 valence electrons. The summed E-state index contributed by atoms with van der Waals surface area (Å²) in [6.45, 7) is 4.08. The SMILES string of the molecule is C(=C\c1ccnc(-c2cc(/C=C/c3ccccc3)ccn2)c1)/c1ccccc1.C(=C\c1ccnc(-c2cc(/C=C/c3ccccc3)ccn2)c1)/c1ccccc1.CCOC(=O)c1ccnc(-c2cc(C(=O)OCC)ccn2)c1.[Ru]. The first-order chi connectivity index (χ1) is 38.4. The number of rotatable bonds is 15. The molecule has 6 heterocycles. The number of nitrogens with zero attached hydrogens (tertiary/aromatic N) is 6. The van der Waals surface area contributed by atoms with Gasteiger partial charge in [-0.1, -0.05) is 170 Å². The van der Waals surface area contributed by atoms with E-state index in [-0.39, 0.29) is 19.5 Å². The van der Waals surface area contributed by atoms with Gasteiger partial charge in [0.2, 0.25) is 0 Å². The predicted molar refractivity (Wildman–Crippen MR) is 316 cm³/mol. The van der Waals surface area contributed by atoms with Gasteiger partial charge in [0.05, 0.1) is 58.5 Å². The third-order valence-corrected chi connectivity index (χ3v) is 11.5. The number of carbonyl (C=O) groups excluding carboxylic acids is 2. The summed E-state index contributed by atoms with van der Waals surface area (Å²) in [6.07, 6.45) is 27.1. The normalized spacial score (nSPS) is 10.8. The molecular weight excluding hydrogens is 1070 g/mol. The second-order valence-corrected chi connectivity index (χ2v) is 17.2. The van der Waals surface area contributed by atoms with E-state index in [1.54, 1.807) is 38.1 Å². The van der Waals surface area contributed by atoms with Crippen molar-refractivity contribution in [2.75, 3.05) is 13.2 Å². The third-order valence-electron chi connectivity index (χ3n) is 11.5. The number of hydrogen-bond donors (Lipinski definition) is 0. The van der Waals surface area contributed by atoms with E-state index in [1.165, 1.54) is 34.6 Å². The molecule has 0 aliphatic rings. The molecule has 0 N–H and O–H groups in total. The number of hydrogen-bond acceptors (Lipinski definition) is 10. The molecule has 10 rings (SSSR count). The summed E-state index contributed by atoms with van der Waals surface area (Å²) in [5.41, 5.74) is 14.3. The topological polar surface area (TPSA) is 130 Å². The van der Waals surface area contributed by atoms with E-state index in [1.807, 2.05) is 122 Å². The van der Waals surface area contributed by atoms with Crippen molar-refractivity contribution in [2.24, 2.45) is 0 Å². The summed E-state index contributed by atoms with van der Waals surface area (Å²) < 4.78 is 9.90. The molecule has 11 heteroatoms. The number of esters is 2. The molecule has 10 nitrogen and oxygen atoms in total. The van der Waals surface area contributed by atoms with Gasteiger partial charge >= 0.3 is 11.9 Å². The van der Waals surface area contributed by atoms with Crippen LogP contribution in [-0.4, -0.2) is 55.1 Å². The summed E-state index contributed by atoms with van der Waals surface area (Å²) >= 11 is 0. The maximum Gasteiger partial charge on any atom is 0.338 e. The largest absolute Gasteiger partial charge is 0.462 e. The maximum atomic E-state index is 11.7. The molecule has 0 unspecified atom stereocenters. The number of ether oxygens (including phenoxy) is 2. The van der Waals surface area contributed by atoms with Gasteiger partial charge in [-0.2, -0.15) is 0 Å². The Morgan fingerprint density at radius 1 is 0.304 bits per heavy atom. The van der Waals surface area contributed by atoms with E-state index < -0.39 is 11.9 Å². The van der Waals surface area contributed by atoms with Crippen LogP contribution in [-0.2, 0) is 29.0 Å². The van der Waals surface area contributed by atoms with Crippen molar-refractivity contribution in [3.05, 3.63) is 287 Å². The summed E-state index contributed by atoms with van der Waals surface area (Å²) in [6, 6.07) is 63.6. The molecule has 0 saturated heterocycles. The second kappa shape index (κ2) is 30.8. The molecule has 0 amide bonds. The summed E-state index contributed by atoms with van der Waals surface area (Å²) in [5, 5.41) is 0. The van der Waals surface area contributed by atoms with Gasteiger partial charge in [0.25, 0.3) is 0 Å². The fourth-order valence-corrected chi connectivity index (χ4v) is 7.61. The van der Waals surface area contributed by atoms with Gasteiger partial charge in [0, 0.05) is 56.7 Å². The van der Waals surface area contributed by atoms with Crippen molar-refractivity contribution in [1.82, 2.24) is 29.9 Å². The molecule has 0 spiro atoms. The third kappa shape index (κ3) is 18.2. The van der Waals surface area contributed by atoms with Crippen LogP contribution in [0.25, 0.3) is 82.8 Å². The first-order valence-electron chi connectivity index (χ1n) is 25.4.